The summed E-state index contributed by atoms with van der Waals surface area (Å²) in [5.41, 5.74) is 2.14. The van der Waals surface area contributed by atoms with Crippen molar-refractivity contribution in [3.8, 4) is 5.75 Å². The van der Waals surface area contributed by atoms with E-state index in [0.29, 0.717) is 5.69 Å². The van der Waals surface area contributed by atoms with Crippen molar-refractivity contribution in [1.82, 2.24) is 0 Å². The molecule has 0 bridgehead atoms. The molecule has 0 aromatic heterocycles. The minimum atomic E-state index is -0.536. The van der Waals surface area contributed by atoms with Gasteiger partial charge < -0.3 is 15.0 Å². The molecule has 2 aromatic rings. The van der Waals surface area contributed by atoms with Crippen LogP contribution in [0.15, 0.2) is 42.5 Å². The van der Waals surface area contributed by atoms with E-state index in [9.17, 15) is 19.7 Å². The van der Waals surface area contributed by atoms with Gasteiger partial charge in [-0.05, 0) is 30.2 Å². The standard InChI is InChI=1S/C20H21N3O5/c1-3-13-4-6-15(7-5-13)22-12-14(10-19(22)24)20(25)21-17-9-8-16(23(26)27)11-18(17)28-2/h4-9,11,14H,3,10,12H2,1-2H3,(H,21,25). The highest BCUT2D eigenvalue weighted by Gasteiger charge is 2.35. The third-order valence-electron chi connectivity index (χ3n) is 4.81. The van der Waals surface area contributed by atoms with Crippen LogP contribution in [0.5, 0.6) is 5.75 Å². The lowest BCUT2D eigenvalue weighted by molar-refractivity contribution is -0.384. The molecule has 28 heavy (non-hydrogen) atoms. The van der Waals surface area contributed by atoms with Crippen molar-refractivity contribution in [2.24, 2.45) is 5.92 Å². The van der Waals surface area contributed by atoms with Crippen LogP contribution in [-0.4, -0.2) is 30.4 Å². The summed E-state index contributed by atoms with van der Waals surface area (Å²) >= 11 is 0. The number of aryl methyl sites for hydroxylation is 1. The van der Waals surface area contributed by atoms with Gasteiger partial charge in [0.15, 0.2) is 0 Å². The Bertz CT molecular complexity index is 911. The smallest absolute Gasteiger partial charge is 0.273 e. The van der Waals surface area contributed by atoms with Crippen LogP contribution in [0.1, 0.15) is 18.9 Å². The van der Waals surface area contributed by atoms with Crippen LogP contribution >= 0.6 is 0 Å². The van der Waals surface area contributed by atoms with E-state index in [2.05, 4.69) is 12.2 Å². The molecule has 8 heteroatoms. The third kappa shape index (κ3) is 3.95. The molecule has 1 fully saturated rings. The monoisotopic (exact) mass is 383 g/mol. The van der Waals surface area contributed by atoms with Crippen LogP contribution in [-0.2, 0) is 16.0 Å². The van der Waals surface area contributed by atoms with E-state index in [1.54, 1.807) is 4.90 Å². The maximum Gasteiger partial charge on any atom is 0.273 e. The highest BCUT2D eigenvalue weighted by atomic mass is 16.6. The molecule has 1 saturated heterocycles. The Labute approximate surface area is 162 Å². The number of nitro groups is 1. The number of carbonyl (C=O) groups excluding carboxylic acids is 2. The Morgan fingerprint density at radius 1 is 1.29 bits per heavy atom. The number of ether oxygens (including phenoxy) is 1. The lowest BCUT2D eigenvalue weighted by Crippen LogP contribution is -2.28. The fourth-order valence-electron chi connectivity index (χ4n) is 3.18. The second kappa shape index (κ2) is 8.08. The van der Waals surface area contributed by atoms with E-state index < -0.39 is 10.8 Å². The van der Waals surface area contributed by atoms with E-state index in [0.717, 1.165) is 12.1 Å². The number of amides is 2. The zero-order chi connectivity index (χ0) is 20.3. The summed E-state index contributed by atoms with van der Waals surface area (Å²) in [6, 6.07) is 11.7. The van der Waals surface area contributed by atoms with Crippen LogP contribution in [0.2, 0.25) is 0 Å². The molecule has 146 valence electrons. The average molecular weight is 383 g/mol. The van der Waals surface area contributed by atoms with Gasteiger partial charge >= 0.3 is 0 Å². The molecule has 0 radical (unpaired) electrons. The van der Waals surface area contributed by atoms with Gasteiger partial charge in [0.1, 0.15) is 5.75 Å². The summed E-state index contributed by atoms with van der Waals surface area (Å²) in [5, 5.41) is 13.6. The number of benzene rings is 2. The largest absolute Gasteiger partial charge is 0.494 e. The van der Waals surface area contributed by atoms with Gasteiger partial charge in [0, 0.05) is 24.7 Å². The van der Waals surface area contributed by atoms with Crippen molar-refractivity contribution in [1.29, 1.82) is 0 Å². The molecule has 1 aliphatic heterocycles. The van der Waals surface area contributed by atoms with Crippen molar-refractivity contribution in [2.45, 2.75) is 19.8 Å². The predicted octanol–water partition coefficient (Wildman–Crippen LogP) is 3.16. The third-order valence-corrected chi connectivity index (χ3v) is 4.81. The Morgan fingerprint density at radius 3 is 2.61 bits per heavy atom. The topological polar surface area (TPSA) is 102 Å². The molecule has 1 unspecified atom stereocenters. The number of hydrogen-bond acceptors (Lipinski definition) is 5. The van der Waals surface area contributed by atoms with Crippen LogP contribution in [0, 0.1) is 16.0 Å². The number of nitrogens with zero attached hydrogens (tertiary/aromatic N) is 2. The molecule has 2 aromatic carbocycles. The summed E-state index contributed by atoms with van der Waals surface area (Å²) in [6.45, 7) is 2.34. The van der Waals surface area contributed by atoms with E-state index in [-0.39, 0.29) is 36.2 Å². The molecule has 1 atom stereocenters. The lowest BCUT2D eigenvalue weighted by atomic mass is 10.1. The number of nitrogens with one attached hydrogen (secondary N) is 1. The van der Waals surface area contributed by atoms with E-state index in [1.807, 2.05) is 24.3 Å². The molecule has 1 aliphatic rings. The minimum absolute atomic E-state index is 0.108. The van der Waals surface area contributed by atoms with Crippen LogP contribution in [0.25, 0.3) is 0 Å². The molecule has 0 spiro atoms. The number of anilines is 2. The summed E-state index contributed by atoms with van der Waals surface area (Å²) in [6.07, 6.45) is 1.02. The van der Waals surface area contributed by atoms with Crippen molar-refractivity contribution in [2.75, 3.05) is 23.9 Å². The molecular formula is C20H21N3O5. The Balaban J connectivity index is 1.71. The Morgan fingerprint density at radius 2 is 2.00 bits per heavy atom. The Kier molecular flexibility index (Phi) is 5.58. The minimum Gasteiger partial charge on any atom is -0.494 e. The first-order valence-electron chi connectivity index (χ1n) is 8.95. The van der Waals surface area contributed by atoms with Gasteiger partial charge in [0.2, 0.25) is 11.8 Å². The molecule has 0 aliphatic carbocycles. The normalized spacial score (nSPS) is 16.1. The van der Waals surface area contributed by atoms with Gasteiger partial charge in [-0.1, -0.05) is 19.1 Å². The first-order valence-corrected chi connectivity index (χ1v) is 8.95. The van der Waals surface area contributed by atoms with Crippen molar-refractivity contribution in [3.05, 3.63) is 58.1 Å². The first kappa shape index (κ1) is 19.3. The molecule has 8 nitrogen and oxygen atoms in total. The second-order valence-electron chi connectivity index (χ2n) is 6.56. The van der Waals surface area contributed by atoms with Crippen LogP contribution in [0.3, 0.4) is 0 Å². The maximum absolute atomic E-state index is 12.6. The molecule has 0 saturated carbocycles. The van der Waals surface area contributed by atoms with Gasteiger partial charge in [-0.15, -0.1) is 0 Å². The van der Waals surface area contributed by atoms with Gasteiger partial charge in [0.25, 0.3) is 5.69 Å². The van der Waals surface area contributed by atoms with Gasteiger partial charge in [-0.25, -0.2) is 0 Å². The summed E-state index contributed by atoms with van der Waals surface area (Å²) in [5.74, 6) is -0.759. The lowest BCUT2D eigenvalue weighted by Gasteiger charge is -2.17. The number of non-ortho nitro benzene ring substituents is 1. The molecule has 2 amide bonds. The number of rotatable bonds is 6. The summed E-state index contributed by atoms with van der Waals surface area (Å²) in [4.78, 5) is 37.0. The summed E-state index contributed by atoms with van der Waals surface area (Å²) < 4.78 is 5.14. The van der Waals surface area contributed by atoms with Gasteiger partial charge in [0.05, 0.1) is 29.7 Å². The zero-order valence-electron chi connectivity index (χ0n) is 15.7. The van der Waals surface area contributed by atoms with Crippen LogP contribution in [0.4, 0.5) is 17.1 Å². The van der Waals surface area contributed by atoms with Gasteiger partial charge in [-0.2, -0.15) is 0 Å². The molecular weight excluding hydrogens is 362 g/mol. The van der Waals surface area contributed by atoms with Crippen molar-refractivity contribution in [3.63, 3.8) is 0 Å². The number of carbonyl (C=O) groups is 2. The van der Waals surface area contributed by atoms with Crippen molar-refractivity contribution < 1.29 is 19.2 Å². The van der Waals surface area contributed by atoms with E-state index in [1.165, 1.54) is 30.9 Å². The summed E-state index contributed by atoms with van der Waals surface area (Å²) in [7, 11) is 1.37. The fraction of sp³-hybridized carbons (Fsp3) is 0.300. The number of hydrogen-bond donors (Lipinski definition) is 1. The van der Waals surface area contributed by atoms with E-state index >= 15 is 0 Å². The molecule has 3 rings (SSSR count). The first-order chi connectivity index (χ1) is 13.4. The highest BCUT2D eigenvalue weighted by Crippen LogP contribution is 2.31. The Hall–Kier alpha value is -3.42. The fourth-order valence-corrected chi connectivity index (χ4v) is 3.18. The highest BCUT2D eigenvalue weighted by molar-refractivity contribution is 6.04. The van der Waals surface area contributed by atoms with E-state index in [4.69, 9.17) is 4.74 Å². The van der Waals surface area contributed by atoms with Crippen molar-refractivity contribution >= 4 is 28.9 Å². The second-order valence-corrected chi connectivity index (χ2v) is 6.56. The number of nitro benzene ring substituents is 1. The molecule has 1 N–H and O–H groups in total. The van der Waals surface area contributed by atoms with Gasteiger partial charge in [-0.3, -0.25) is 19.7 Å². The molecule has 1 heterocycles. The SMILES string of the molecule is CCc1ccc(N2CC(C(=O)Nc3ccc([N+](=O)[O-])cc3OC)CC2=O)cc1. The maximum atomic E-state index is 12.6. The average Bonchev–Trinajstić information content (AvgIpc) is 3.10. The quantitative estimate of drug-likeness (QED) is 0.610. The zero-order valence-corrected chi connectivity index (χ0v) is 15.7. The van der Waals surface area contributed by atoms with Crippen LogP contribution < -0.4 is 15.0 Å². The number of methoxy groups -OCH3 is 1. The predicted molar refractivity (Wildman–Crippen MR) is 105 cm³/mol.